The molecule has 0 N–H and O–H groups in total. The average molecular weight is 597 g/mol. The maximum atomic E-state index is 15.0. The third-order valence-electron chi connectivity index (χ3n) is 6.27. The molecule has 4 aromatic carbocycles. The van der Waals surface area contributed by atoms with Crippen LogP contribution in [-0.2, 0) is 12.5 Å². The van der Waals surface area contributed by atoms with Crippen LogP contribution in [0.5, 0.6) is 5.75 Å². The topological polar surface area (TPSA) is 9.23 Å². The number of benzene rings is 4. The van der Waals surface area contributed by atoms with Crippen LogP contribution < -0.4 is 4.74 Å². The maximum absolute atomic E-state index is 15.0. The molecule has 0 fully saturated rings. The number of aryl methyl sites for hydroxylation is 1. The minimum Gasteiger partial charge on any atom is -0.428 e. The molecule has 0 unspecified atom stereocenters. The number of rotatable bonds is 7. The van der Waals surface area contributed by atoms with E-state index in [0.29, 0.717) is 46.5 Å². The minimum atomic E-state index is -3.96. The van der Waals surface area contributed by atoms with Gasteiger partial charge in [-0.1, -0.05) is 25.5 Å². The SMILES string of the molecule is CCCc1ccc2cc(C(F)(F)Oc3cc(F)c(-c4cc(F)c(-c5cc(F)c(F)c(F)c5)c(F)c4)c(F)c3)sc2c1. The van der Waals surface area contributed by atoms with Crippen molar-refractivity contribution in [3.63, 3.8) is 0 Å². The van der Waals surface area contributed by atoms with Crippen molar-refractivity contribution in [1.82, 2.24) is 0 Å². The van der Waals surface area contributed by atoms with Gasteiger partial charge in [0, 0.05) is 16.8 Å². The van der Waals surface area contributed by atoms with Crippen molar-refractivity contribution < 1.29 is 44.3 Å². The number of ether oxygens (including phenoxy) is 1. The van der Waals surface area contributed by atoms with E-state index in [9.17, 15) is 39.5 Å². The number of halogens is 9. The van der Waals surface area contributed by atoms with Gasteiger partial charge < -0.3 is 4.74 Å². The van der Waals surface area contributed by atoms with Crippen molar-refractivity contribution in [3.05, 3.63) is 112 Å². The fraction of sp³-hybridized carbons (Fsp3) is 0.133. The molecule has 0 bridgehead atoms. The molecule has 0 radical (unpaired) electrons. The number of alkyl halides is 2. The molecule has 11 heteroatoms. The van der Waals surface area contributed by atoms with E-state index < -0.39 is 79.7 Å². The Bertz CT molecular complexity index is 1730. The predicted octanol–water partition coefficient (Wildman–Crippen LogP) is 10.3. The molecule has 41 heavy (non-hydrogen) atoms. The van der Waals surface area contributed by atoms with Crippen molar-refractivity contribution in [3.8, 4) is 28.0 Å². The van der Waals surface area contributed by atoms with Gasteiger partial charge in [0.15, 0.2) is 17.5 Å². The van der Waals surface area contributed by atoms with Gasteiger partial charge in [0.05, 0.1) is 11.1 Å². The van der Waals surface area contributed by atoms with E-state index in [2.05, 4.69) is 4.74 Å². The van der Waals surface area contributed by atoms with Crippen molar-refractivity contribution >= 4 is 21.4 Å². The number of thiophene rings is 1. The first-order valence-electron chi connectivity index (χ1n) is 12.1. The molecule has 212 valence electrons. The third-order valence-corrected chi connectivity index (χ3v) is 7.42. The van der Waals surface area contributed by atoms with E-state index in [1.54, 1.807) is 12.1 Å². The lowest BCUT2D eigenvalue weighted by Gasteiger charge is -2.17. The Morgan fingerprint density at radius 1 is 0.659 bits per heavy atom. The molecule has 5 aromatic rings. The normalized spacial score (nSPS) is 11.9. The Balaban J connectivity index is 1.46. The standard InChI is InChI=1S/C30H17F9OS/c1-2-3-14-4-5-15-11-26(41-25(15)6-14)30(38,39)40-18-12-21(33)28(22(34)13-18)16-7-19(31)27(20(32)8-16)17-9-23(35)29(37)24(36)10-17/h4-13H,2-3H2,1H3. The van der Waals surface area contributed by atoms with Crippen LogP contribution in [0, 0.1) is 40.7 Å². The maximum Gasteiger partial charge on any atom is 0.436 e. The van der Waals surface area contributed by atoms with Crippen molar-refractivity contribution in [2.24, 2.45) is 0 Å². The monoisotopic (exact) mass is 596 g/mol. The van der Waals surface area contributed by atoms with E-state index in [1.807, 2.05) is 13.0 Å². The molecule has 0 aliphatic heterocycles. The van der Waals surface area contributed by atoms with Gasteiger partial charge in [0.1, 0.15) is 33.9 Å². The van der Waals surface area contributed by atoms with Gasteiger partial charge in [0.2, 0.25) is 0 Å². The van der Waals surface area contributed by atoms with Crippen molar-refractivity contribution in [2.75, 3.05) is 0 Å². The third kappa shape index (κ3) is 5.50. The molecular formula is C30H17F9OS. The van der Waals surface area contributed by atoms with Crippen LogP contribution in [0.15, 0.2) is 60.7 Å². The van der Waals surface area contributed by atoms with Crippen LogP contribution in [-0.4, -0.2) is 0 Å². The van der Waals surface area contributed by atoms with Gasteiger partial charge >= 0.3 is 6.11 Å². The predicted molar refractivity (Wildman–Crippen MR) is 137 cm³/mol. The second-order valence-corrected chi connectivity index (χ2v) is 10.3. The summed E-state index contributed by atoms with van der Waals surface area (Å²) in [4.78, 5) is -0.501. The van der Waals surface area contributed by atoms with Crippen LogP contribution >= 0.6 is 11.3 Å². The van der Waals surface area contributed by atoms with Crippen LogP contribution in [0.25, 0.3) is 32.3 Å². The zero-order valence-corrected chi connectivity index (χ0v) is 21.7. The summed E-state index contributed by atoms with van der Waals surface area (Å²) in [6.45, 7) is 1.98. The Morgan fingerprint density at radius 2 is 1.17 bits per heavy atom. The van der Waals surface area contributed by atoms with Gasteiger partial charge in [-0.3, -0.25) is 0 Å². The van der Waals surface area contributed by atoms with E-state index in [4.69, 9.17) is 0 Å². The van der Waals surface area contributed by atoms with Crippen LogP contribution in [0.3, 0.4) is 0 Å². The Labute approximate surface area is 231 Å². The average Bonchev–Trinajstić information content (AvgIpc) is 3.31. The van der Waals surface area contributed by atoms with Crippen molar-refractivity contribution in [1.29, 1.82) is 0 Å². The zero-order valence-electron chi connectivity index (χ0n) is 20.9. The summed E-state index contributed by atoms with van der Waals surface area (Å²) in [6, 6.07) is 9.06. The lowest BCUT2D eigenvalue weighted by molar-refractivity contribution is -0.182. The Morgan fingerprint density at radius 3 is 1.71 bits per heavy atom. The lowest BCUT2D eigenvalue weighted by Crippen LogP contribution is -2.20. The summed E-state index contributed by atoms with van der Waals surface area (Å²) in [5.74, 6) is -12.0. The van der Waals surface area contributed by atoms with E-state index in [1.165, 1.54) is 6.07 Å². The summed E-state index contributed by atoms with van der Waals surface area (Å²) >= 11 is 0.763. The lowest BCUT2D eigenvalue weighted by atomic mass is 9.98. The molecule has 0 atom stereocenters. The van der Waals surface area contributed by atoms with Gasteiger partial charge in [-0.2, -0.15) is 8.78 Å². The molecule has 5 rings (SSSR count). The summed E-state index contributed by atoms with van der Waals surface area (Å²) in [5, 5.41) is 0.541. The van der Waals surface area contributed by atoms with Gasteiger partial charge in [-0.15, -0.1) is 11.3 Å². The highest BCUT2D eigenvalue weighted by Gasteiger charge is 2.37. The second kappa shape index (κ2) is 10.8. The van der Waals surface area contributed by atoms with Gasteiger partial charge in [0.25, 0.3) is 0 Å². The smallest absolute Gasteiger partial charge is 0.428 e. The summed E-state index contributed by atoms with van der Waals surface area (Å²) in [6.07, 6.45) is -2.33. The molecule has 0 spiro atoms. The summed E-state index contributed by atoms with van der Waals surface area (Å²) < 4.78 is 135. The highest BCUT2D eigenvalue weighted by Crippen LogP contribution is 2.41. The number of hydrogen-bond donors (Lipinski definition) is 0. The Kier molecular flexibility index (Phi) is 7.50. The van der Waals surface area contributed by atoms with Gasteiger partial charge in [-0.05, 0) is 64.9 Å². The highest BCUT2D eigenvalue weighted by atomic mass is 32.1. The fourth-order valence-corrected chi connectivity index (χ4v) is 5.48. The minimum absolute atomic E-state index is 0.355. The van der Waals surface area contributed by atoms with Gasteiger partial charge in [-0.25, -0.2) is 30.7 Å². The zero-order chi connectivity index (χ0) is 29.6. The molecule has 0 amide bonds. The number of fused-ring (bicyclic) bond motifs is 1. The molecule has 1 nitrogen and oxygen atoms in total. The quantitative estimate of drug-likeness (QED) is 0.134. The molecule has 0 saturated heterocycles. The van der Waals surface area contributed by atoms with Crippen molar-refractivity contribution in [2.45, 2.75) is 25.9 Å². The van der Waals surface area contributed by atoms with E-state index in [-0.39, 0.29) is 0 Å². The van der Waals surface area contributed by atoms with Crippen LogP contribution in [0.4, 0.5) is 39.5 Å². The first kappa shape index (κ1) is 28.5. The first-order chi connectivity index (χ1) is 19.4. The second-order valence-electron chi connectivity index (χ2n) is 9.18. The molecule has 1 aromatic heterocycles. The molecule has 0 saturated carbocycles. The summed E-state index contributed by atoms with van der Waals surface area (Å²) in [7, 11) is 0. The molecule has 0 aliphatic carbocycles. The van der Waals surface area contributed by atoms with Crippen LogP contribution in [0.1, 0.15) is 23.8 Å². The fourth-order valence-electron chi connectivity index (χ4n) is 4.44. The molecule has 1 heterocycles. The van der Waals surface area contributed by atoms with E-state index >= 15 is 0 Å². The molecule has 0 aliphatic rings. The summed E-state index contributed by atoms with van der Waals surface area (Å²) in [5.41, 5.74) is -2.34. The first-order valence-corrected chi connectivity index (χ1v) is 12.9. The molecular weight excluding hydrogens is 579 g/mol. The largest absolute Gasteiger partial charge is 0.436 e. The number of hydrogen-bond acceptors (Lipinski definition) is 2. The highest BCUT2D eigenvalue weighted by molar-refractivity contribution is 7.19. The Hall–Kier alpha value is -3.99. The van der Waals surface area contributed by atoms with E-state index in [0.717, 1.165) is 29.7 Å². The van der Waals surface area contributed by atoms with Crippen LogP contribution in [0.2, 0.25) is 0 Å².